The first-order valence-electron chi connectivity index (χ1n) is 7.22. The Balaban J connectivity index is 2.18. The van der Waals surface area contributed by atoms with Crippen molar-refractivity contribution < 1.29 is 4.92 Å². The van der Waals surface area contributed by atoms with Gasteiger partial charge in [-0.2, -0.15) is 0 Å². The number of aromatic nitrogens is 1. The smallest absolute Gasteiger partial charge is 0.311 e. The van der Waals surface area contributed by atoms with Crippen LogP contribution >= 0.6 is 0 Å². The van der Waals surface area contributed by atoms with Crippen LogP contribution in [0, 0.1) is 16.0 Å². The van der Waals surface area contributed by atoms with Gasteiger partial charge in [-0.05, 0) is 31.2 Å². The van der Waals surface area contributed by atoms with Crippen LogP contribution in [0.1, 0.15) is 32.6 Å². The van der Waals surface area contributed by atoms with Crippen LogP contribution in [-0.2, 0) is 0 Å². The third-order valence-corrected chi connectivity index (χ3v) is 3.73. The molecule has 0 unspecified atom stereocenters. The third-order valence-electron chi connectivity index (χ3n) is 3.73. The minimum absolute atomic E-state index is 0.0777. The summed E-state index contributed by atoms with van der Waals surface area (Å²) < 4.78 is 0. The van der Waals surface area contributed by atoms with Crippen molar-refractivity contribution in [3.05, 3.63) is 22.2 Å². The van der Waals surface area contributed by atoms with Crippen molar-refractivity contribution in [3.8, 4) is 0 Å². The standard InChI is InChI=1S/C14H22N4O2/c1-3-9-15-13-8-7-12(18(19)20)14(16-13)17(2)10-11-5-4-6-11/h7-8,11H,3-6,9-10H2,1-2H3,(H,15,16). The number of nitrogens with one attached hydrogen (secondary N) is 1. The number of rotatable bonds is 7. The lowest BCUT2D eigenvalue weighted by Gasteiger charge is -2.30. The van der Waals surface area contributed by atoms with Crippen molar-refractivity contribution in [1.82, 2.24) is 4.98 Å². The maximum atomic E-state index is 11.1. The first-order valence-corrected chi connectivity index (χ1v) is 7.22. The van der Waals surface area contributed by atoms with E-state index in [4.69, 9.17) is 0 Å². The highest BCUT2D eigenvalue weighted by atomic mass is 16.6. The van der Waals surface area contributed by atoms with E-state index in [0.29, 0.717) is 17.6 Å². The van der Waals surface area contributed by atoms with Gasteiger partial charge in [0.15, 0.2) is 0 Å². The number of pyridine rings is 1. The van der Waals surface area contributed by atoms with Gasteiger partial charge >= 0.3 is 5.69 Å². The Morgan fingerprint density at radius 3 is 2.80 bits per heavy atom. The molecule has 1 heterocycles. The van der Waals surface area contributed by atoms with Crippen LogP contribution < -0.4 is 10.2 Å². The third kappa shape index (κ3) is 3.37. The Labute approximate surface area is 119 Å². The Bertz CT molecular complexity index is 474. The second kappa shape index (κ2) is 6.54. The van der Waals surface area contributed by atoms with Crippen LogP contribution in [-0.4, -0.2) is 30.0 Å². The van der Waals surface area contributed by atoms with E-state index in [1.807, 2.05) is 11.9 Å². The summed E-state index contributed by atoms with van der Waals surface area (Å²) in [7, 11) is 1.89. The van der Waals surface area contributed by atoms with Gasteiger partial charge in [-0.1, -0.05) is 13.3 Å². The molecule has 0 bridgehead atoms. The maximum absolute atomic E-state index is 11.1. The van der Waals surface area contributed by atoms with Gasteiger partial charge in [0.1, 0.15) is 5.82 Å². The summed E-state index contributed by atoms with van der Waals surface area (Å²) >= 11 is 0. The van der Waals surface area contributed by atoms with Gasteiger partial charge in [-0.3, -0.25) is 10.1 Å². The molecule has 1 saturated carbocycles. The quantitative estimate of drug-likeness (QED) is 0.613. The van der Waals surface area contributed by atoms with E-state index in [2.05, 4.69) is 17.2 Å². The van der Waals surface area contributed by atoms with Crippen molar-refractivity contribution in [3.63, 3.8) is 0 Å². The topological polar surface area (TPSA) is 71.3 Å². The predicted octanol–water partition coefficient (Wildman–Crippen LogP) is 3.05. The minimum Gasteiger partial charge on any atom is -0.370 e. The molecule has 6 nitrogen and oxygen atoms in total. The van der Waals surface area contributed by atoms with Gasteiger partial charge in [0.2, 0.25) is 5.82 Å². The molecule has 2 rings (SSSR count). The fraction of sp³-hybridized carbons (Fsp3) is 0.643. The highest BCUT2D eigenvalue weighted by molar-refractivity contribution is 5.61. The molecule has 0 saturated heterocycles. The first-order chi connectivity index (χ1) is 9.61. The summed E-state index contributed by atoms with van der Waals surface area (Å²) in [5.74, 6) is 1.81. The molecule has 1 N–H and O–H groups in total. The predicted molar refractivity (Wildman–Crippen MR) is 80.3 cm³/mol. The number of hydrogen-bond acceptors (Lipinski definition) is 5. The zero-order valence-electron chi connectivity index (χ0n) is 12.1. The van der Waals surface area contributed by atoms with Crippen molar-refractivity contribution in [1.29, 1.82) is 0 Å². The van der Waals surface area contributed by atoms with Gasteiger partial charge in [-0.25, -0.2) is 4.98 Å². The molecule has 6 heteroatoms. The van der Waals surface area contributed by atoms with E-state index in [9.17, 15) is 10.1 Å². The summed E-state index contributed by atoms with van der Waals surface area (Å²) in [4.78, 5) is 17.1. The van der Waals surface area contributed by atoms with Crippen LogP contribution in [0.15, 0.2) is 12.1 Å². The Hall–Kier alpha value is -1.85. The summed E-state index contributed by atoms with van der Waals surface area (Å²) in [5, 5.41) is 14.3. The Morgan fingerprint density at radius 1 is 1.50 bits per heavy atom. The lowest BCUT2D eigenvalue weighted by atomic mass is 9.85. The fourth-order valence-corrected chi connectivity index (χ4v) is 2.37. The van der Waals surface area contributed by atoms with Crippen LogP contribution in [0.2, 0.25) is 0 Å². The van der Waals surface area contributed by atoms with Crippen LogP contribution in [0.25, 0.3) is 0 Å². The zero-order valence-corrected chi connectivity index (χ0v) is 12.1. The molecule has 110 valence electrons. The molecule has 0 radical (unpaired) electrons. The van der Waals surface area contributed by atoms with Gasteiger partial charge < -0.3 is 10.2 Å². The fourth-order valence-electron chi connectivity index (χ4n) is 2.37. The first kappa shape index (κ1) is 14.6. The van der Waals surface area contributed by atoms with Gasteiger partial charge in [0.25, 0.3) is 0 Å². The molecule has 20 heavy (non-hydrogen) atoms. The van der Waals surface area contributed by atoms with E-state index in [1.165, 1.54) is 25.3 Å². The number of nitrogens with zero attached hydrogens (tertiary/aromatic N) is 3. The summed E-state index contributed by atoms with van der Waals surface area (Å²) in [6, 6.07) is 3.21. The molecule has 1 aromatic heterocycles. The molecule has 1 fully saturated rings. The summed E-state index contributed by atoms with van der Waals surface area (Å²) in [6.45, 7) is 3.73. The Morgan fingerprint density at radius 2 is 2.25 bits per heavy atom. The highest BCUT2D eigenvalue weighted by Crippen LogP contribution is 2.31. The Kier molecular flexibility index (Phi) is 4.76. The minimum atomic E-state index is -0.358. The van der Waals surface area contributed by atoms with Crippen LogP contribution in [0.5, 0.6) is 0 Å². The molecular weight excluding hydrogens is 256 g/mol. The molecule has 1 aliphatic rings. The van der Waals surface area contributed by atoms with Gasteiger partial charge in [0.05, 0.1) is 4.92 Å². The molecule has 0 amide bonds. The SMILES string of the molecule is CCCNc1ccc([N+](=O)[O-])c(N(C)CC2CCC2)n1. The normalized spacial score (nSPS) is 14.7. The van der Waals surface area contributed by atoms with Crippen molar-refractivity contribution in [2.24, 2.45) is 5.92 Å². The van der Waals surface area contributed by atoms with Crippen molar-refractivity contribution >= 4 is 17.3 Å². The number of nitro groups is 1. The van der Waals surface area contributed by atoms with E-state index >= 15 is 0 Å². The van der Waals surface area contributed by atoms with Crippen molar-refractivity contribution in [2.45, 2.75) is 32.6 Å². The number of anilines is 2. The van der Waals surface area contributed by atoms with E-state index in [0.717, 1.165) is 19.5 Å². The van der Waals surface area contributed by atoms with E-state index < -0.39 is 0 Å². The highest BCUT2D eigenvalue weighted by Gasteiger charge is 2.24. The average molecular weight is 278 g/mol. The molecule has 0 atom stereocenters. The molecule has 0 spiro atoms. The molecular formula is C14H22N4O2. The number of hydrogen-bond donors (Lipinski definition) is 1. The van der Waals surface area contributed by atoms with Crippen LogP contribution in [0.3, 0.4) is 0 Å². The average Bonchev–Trinajstić information content (AvgIpc) is 2.39. The van der Waals surface area contributed by atoms with Gasteiger partial charge in [0, 0.05) is 26.2 Å². The zero-order chi connectivity index (χ0) is 14.5. The maximum Gasteiger partial charge on any atom is 0.311 e. The second-order valence-corrected chi connectivity index (χ2v) is 5.40. The summed E-state index contributed by atoms with van der Waals surface area (Å²) in [5.41, 5.74) is 0.0777. The summed E-state index contributed by atoms with van der Waals surface area (Å²) in [6.07, 6.45) is 4.69. The van der Waals surface area contributed by atoms with Crippen LogP contribution in [0.4, 0.5) is 17.3 Å². The molecule has 1 aliphatic carbocycles. The monoisotopic (exact) mass is 278 g/mol. The van der Waals surface area contributed by atoms with E-state index in [-0.39, 0.29) is 10.6 Å². The molecule has 0 aromatic carbocycles. The molecule has 1 aromatic rings. The van der Waals surface area contributed by atoms with Gasteiger partial charge in [-0.15, -0.1) is 0 Å². The van der Waals surface area contributed by atoms with E-state index in [1.54, 1.807) is 6.07 Å². The second-order valence-electron chi connectivity index (χ2n) is 5.40. The lowest BCUT2D eigenvalue weighted by molar-refractivity contribution is -0.384. The largest absolute Gasteiger partial charge is 0.370 e. The van der Waals surface area contributed by atoms with Crippen molar-refractivity contribution in [2.75, 3.05) is 30.4 Å². The lowest BCUT2D eigenvalue weighted by Crippen LogP contribution is -2.30. The molecule has 0 aliphatic heterocycles.